The Balaban J connectivity index is 1.53. The van der Waals surface area contributed by atoms with Crippen LogP contribution in [0.2, 0.25) is 0 Å². The Labute approximate surface area is 218 Å². The van der Waals surface area contributed by atoms with Crippen molar-refractivity contribution in [3.63, 3.8) is 0 Å². The highest BCUT2D eigenvalue weighted by Crippen LogP contribution is 2.40. The van der Waals surface area contributed by atoms with E-state index in [0.29, 0.717) is 12.4 Å². The van der Waals surface area contributed by atoms with Crippen LogP contribution in [0.1, 0.15) is 34.4 Å². The Kier molecular flexibility index (Phi) is 8.85. The molecule has 0 radical (unpaired) electrons. The highest BCUT2D eigenvalue weighted by atomic mass is 32.2. The number of hydrogen-bond donors (Lipinski definition) is 0. The molecule has 0 aliphatic rings. The molecule has 0 saturated heterocycles. The zero-order valence-electron chi connectivity index (χ0n) is 21.1. The highest BCUT2D eigenvalue weighted by molar-refractivity contribution is 7.99. The molecule has 1 atom stereocenters. The van der Waals surface area contributed by atoms with Gasteiger partial charge in [-0.1, -0.05) is 84.4 Å². The molecule has 0 N–H and O–H groups in total. The normalized spacial score (nSPS) is 11.6. The SMILES string of the molecule is CCOC(=O)COc1ccc(SC(Cc2ccccc2)c2ccc(-c3ccc(C)cc3)cc2)cc1C. The maximum absolute atomic E-state index is 11.6. The van der Waals surface area contributed by atoms with Gasteiger partial charge in [0.15, 0.2) is 6.61 Å². The largest absolute Gasteiger partial charge is 0.482 e. The van der Waals surface area contributed by atoms with Gasteiger partial charge in [0, 0.05) is 10.1 Å². The van der Waals surface area contributed by atoms with E-state index in [1.165, 1.54) is 32.7 Å². The van der Waals surface area contributed by atoms with Crippen molar-refractivity contribution in [3.8, 4) is 16.9 Å². The van der Waals surface area contributed by atoms with Gasteiger partial charge >= 0.3 is 5.97 Å². The van der Waals surface area contributed by atoms with Gasteiger partial charge in [-0.25, -0.2) is 4.79 Å². The van der Waals surface area contributed by atoms with Gasteiger partial charge in [-0.3, -0.25) is 0 Å². The number of ether oxygens (including phenoxy) is 2. The maximum Gasteiger partial charge on any atom is 0.344 e. The van der Waals surface area contributed by atoms with Crippen LogP contribution in [0.25, 0.3) is 11.1 Å². The molecule has 0 saturated carbocycles. The molecule has 0 fully saturated rings. The van der Waals surface area contributed by atoms with Crippen molar-refractivity contribution in [1.29, 1.82) is 0 Å². The summed E-state index contributed by atoms with van der Waals surface area (Å²) in [6.45, 7) is 6.18. The number of rotatable bonds is 10. The fraction of sp³-hybridized carbons (Fsp3) is 0.219. The molecular weight excluding hydrogens is 464 g/mol. The summed E-state index contributed by atoms with van der Waals surface area (Å²) in [7, 11) is 0. The summed E-state index contributed by atoms with van der Waals surface area (Å²) in [5, 5.41) is 0.255. The lowest BCUT2D eigenvalue weighted by Gasteiger charge is -2.19. The van der Waals surface area contributed by atoms with E-state index in [1.54, 1.807) is 6.92 Å². The van der Waals surface area contributed by atoms with E-state index < -0.39 is 0 Å². The Morgan fingerprint density at radius 2 is 1.50 bits per heavy atom. The van der Waals surface area contributed by atoms with Crippen LogP contribution in [0.5, 0.6) is 5.75 Å². The number of carbonyl (C=O) groups excluding carboxylic acids is 1. The Morgan fingerprint density at radius 1 is 0.833 bits per heavy atom. The molecule has 3 nitrogen and oxygen atoms in total. The van der Waals surface area contributed by atoms with Crippen LogP contribution in [-0.4, -0.2) is 19.2 Å². The van der Waals surface area contributed by atoms with Crippen molar-refractivity contribution in [2.24, 2.45) is 0 Å². The maximum atomic E-state index is 11.6. The van der Waals surface area contributed by atoms with E-state index in [0.717, 1.165) is 12.0 Å². The lowest BCUT2D eigenvalue weighted by atomic mass is 9.99. The second-order valence-electron chi connectivity index (χ2n) is 8.81. The second-order valence-corrected chi connectivity index (χ2v) is 10.1. The summed E-state index contributed by atoms with van der Waals surface area (Å²) in [5.41, 5.74) is 7.32. The molecule has 4 aromatic carbocycles. The van der Waals surface area contributed by atoms with Crippen LogP contribution < -0.4 is 4.74 Å². The van der Waals surface area contributed by atoms with E-state index in [9.17, 15) is 4.79 Å². The van der Waals surface area contributed by atoms with Crippen molar-refractivity contribution in [2.45, 2.75) is 37.3 Å². The molecule has 0 aromatic heterocycles. The van der Waals surface area contributed by atoms with E-state index in [2.05, 4.69) is 97.9 Å². The topological polar surface area (TPSA) is 35.5 Å². The third-order valence-corrected chi connectivity index (χ3v) is 7.26. The second kappa shape index (κ2) is 12.5. The molecule has 0 heterocycles. The van der Waals surface area contributed by atoms with Gasteiger partial charge in [0.1, 0.15) is 5.75 Å². The molecule has 4 aromatic rings. The number of thioether (sulfide) groups is 1. The zero-order valence-corrected chi connectivity index (χ0v) is 21.9. The van der Waals surface area contributed by atoms with Gasteiger partial charge in [0.05, 0.1) is 6.61 Å². The predicted octanol–water partition coefficient (Wildman–Crippen LogP) is 7.99. The van der Waals surface area contributed by atoms with E-state index in [4.69, 9.17) is 9.47 Å². The van der Waals surface area contributed by atoms with Gasteiger partial charge in [-0.15, -0.1) is 11.8 Å². The summed E-state index contributed by atoms with van der Waals surface area (Å²) in [5.74, 6) is 0.349. The molecule has 0 aliphatic carbocycles. The van der Waals surface area contributed by atoms with Gasteiger partial charge in [0.25, 0.3) is 0 Å². The fourth-order valence-corrected chi connectivity index (χ4v) is 5.34. The third-order valence-electron chi connectivity index (χ3n) is 6.01. The number of aryl methyl sites for hydroxylation is 2. The Bertz CT molecular complexity index is 1270. The molecule has 0 aliphatic heterocycles. The van der Waals surface area contributed by atoms with Gasteiger partial charge in [0.2, 0.25) is 0 Å². The monoisotopic (exact) mass is 496 g/mol. The minimum absolute atomic E-state index is 0.0782. The van der Waals surface area contributed by atoms with Gasteiger partial charge in [-0.05, 0) is 73.2 Å². The van der Waals surface area contributed by atoms with E-state index in [1.807, 2.05) is 24.8 Å². The lowest BCUT2D eigenvalue weighted by Crippen LogP contribution is -2.14. The third kappa shape index (κ3) is 7.02. The average molecular weight is 497 g/mol. The minimum Gasteiger partial charge on any atom is -0.482 e. The molecule has 1 unspecified atom stereocenters. The fourth-order valence-electron chi connectivity index (χ4n) is 4.05. The summed E-state index contributed by atoms with van der Waals surface area (Å²) in [6, 6.07) is 34.3. The summed E-state index contributed by atoms with van der Waals surface area (Å²) < 4.78 is 10.6. The Hall–Kier alpha value is -3.50. The number of esters is 1. The van der Waals surface area contributed by atoms with Crippen molar-refractivity contribution in [2.75, 3.05) is 13.2 Å². The van der Waals surface area contributed by atoms with E-state index >= 15 is 0 Å². The average Bonchev–Trinajstić information content (AvgIpc) is 2.89. The molecule has 0 spiro atoms. The summed E-state index contributed by atoms with van der Waals surface area (Å²) >= 11 is 1.85. The Morgan fingerprint density at radius 3 is 2.14 bits per heavy atom. The number of benzene rings is 4. The van der Waals surface area contributed by atoms with Gasteiger partial charge < -0.3 is 9.47 Å². The molecule has 0 amide bonds. The lowest BCUT2D eigenvalue weighted by molar-refractivity contribution is -0.145. The standard InChI is InChI=1S/C32H32O3S/c1-4-34-32(33)22-35-30-19-18-29(20-24(30)3)36-31(21-25-8-6-5-7-9-25)28-16-14-27(15-17-28)26-12-10-23(2)11-13-26/h5-20,31H,4,21-22H2,1-3H3. The van der Waals surface area contributed by atoms with Crippen LogP contribution in [0.15, 0.2) is 102 Å². The van der Waals surface area contributed by atoms with Crippen molar-refractivity contribution >= 4 is 17.7 Å². The van der Waals surface area contributed by atoms with Crippen LogP contribution in [0.3, 0.4) is 0 Å². The summed E-state index contributed by atoms with van der Waals surface area (Å²) in [4.78, 5) is 12.8. The zero-order chi connectivity index (χ0) is 25.3. The van der Waals surface area contributed by atoms with Crippen LogP contribution in [-0.2, 0) is 16.0 Å². The predicted molar refractivity (Wildman–Crippen MR) is 149 cm³/mol. The number of hydrogen-bond acceptors (Lipinski definition) is 4. The van der Waals surface area contributed by atoms with Crippen molar-refractivity contribution < 1.29 is 14.3 Å². The molecule has 184 valence electrons. The quantitative estimate of drug-likeness (QED) is 0.165. The van der Waals surface area contributed by atoms with Gasteiger partial charge in [-0.2, -0.15) is 0 Å². The van der Waals surface area contributed by atoms with Crippen LogP contribution in [0, 0.1) is 13.8 Å². The first-order valence-corrected chi connectivity index (χ1v) is 13.2. The first kappa shape index (κ1) is 25.6. The minimum atomic E-state index is -0.354. The molecular formula is C32H32O3S. The molecule has 4 heteroatoms. The van der Waals surface area contributed by atoms with Crippen molar-refractivity contribution in [3.05, 3.63) is 119 Å². The summed E-state index contributed by atoms with van der Waals surface area (Å²) in [6.07, 6.45) is 0.926. The van der Waals surface area contributed by atoms with Crippen molar-refractivity contribution in [1.82, 2.24) is 0 Å². The first-order chi connectivity index (χ1) is 17.5. The van der Waals surface area contributed by atoms with E-state index in [-0.39, 0.29) is 17.8 Å². The molecule has 36 heavy (non-hydrogen) atoms. The number of carbonyl (C=O) groups is 1. The molecule has 4 rings (SSSR count). The first-order valence-electron chi connectivity index (χ1n) is 12.3. The molecule has 0 bridgehead atoms. The van der Waals surface area contributed by atoms with Crippen LogP contribution in [0.4, 0.5) is 0 Å². The van der Waals surface area contributed by atoms with Crippen LogP contribution >= 0.6 is 11.8 Å². The highest BCUT2D eigenvalue weighted by Gasteiger charge is 2.16. The smallest absolute Gasteiger partial charge is 0.344 e.